The van der Waals surface area contributed by atoms with Crippen LogP contribution in [0.25, 0.3) is 0 Å². The molecule has 7 heteroatoms. The van der Waals surface area contributed by atoms with Crippen molar-refractivity contribution in [2.24, 2.45) is 5.73 Å². The molecule has 1 unspecified atom stereocenters. The summed E-state index contributed by atoms with van der Waals surface area (Å²) >= 11 is 0. The first-order chi connectivity index (χ1) is 9.63. The van der Waals surface area contributed by atoms with Gasteiger partial charge >= 0.3 is 0 Å². The van der Waals surface area contributed by atoms with Crippen LogP contribution in [-0.2, 0) is 10.0 Å². The maximum Gasteiger partial charge on any atom is 0.243 e. The maximum atomic E-state index is 12.7. The van der Waals surface area contributed by atoms with Crippen LogP contribution >= 0.6 is 0 Å². The van der Waals surface area contributed by atoms with E-state index in [1.807, 2.05) is 0 Å². The molecule has 6 nitrogen and oxygen atoms in total. The largest absolute Gasteiger partial charge is 0.454 e. The predicted octanol–water partition coefficient (Wildman–Crippen LogP) is 0.917. The number of ether oxygens (including phenoxy) is 2. The van der Waals surface area contributed by atoms with Crippen LogP contribution in [0.3, 0.4) is 0 Å². The van der Waals surface area contributed by atoms with Crippen LogP contribution in [0.15, 0.2) is 23.1 Å². The molecule has 2 N–H and O–H groups in total. The first-order valence-corrected chi connectivity index (χ1v) is 8.18. The van der Waals surface area contributed by atoms with E-state index in [-0.39, 0.29) is 17.7 Å². The Labute approximate surface area is 118 Å². The molecule has 0 radical (unpaired) electrons. The molecule has 0 saturated carbocycles. The first kappa shape index (κ1) is 13.7. The van der Waals surface area contributed by atoms with Crippen LogP contribution in [0, 0.1) is 0 Å². The third-order valence-corrected chi connectivity index (χ3v) is 5.74. The minimum Gasteiger partial charge on any atom is -0.454 e. The van der Waals surface area contributed by atoms with E-state index >= 15 is 0 Å². The molecule has 2 heterocycles. The molecule has 1 aromatic carbocycles. The lowest BCUT2D eigenvalue weighted by atomic mass is 10.1. The normalized spacial score (nSPS) is 22.9. The number of fused-ring (bicyclic) bond motifs is 1. The fourth-order valence-electron chi connectivity index (χ4n) is 2.70. The van der Waals surface area contributed by atoms with Gasteiger partial charge in [0.25, 0.3) is 0 Å². The summed E-state index contributed by atoms with van der Waals surface area (Å²) in [6.07, 6.45) is 2.72. The van der Waals surface area contributed by atoms with E-state index in [9.17, 15) is 8.42 Å². The molecule has 110 valence electrons. The Balaban J connectivity index is 1.94. The Morgan fingerprint density at radius 1 is 1.25 bits per heavy atom. The number of piperidine rings is 1. The zero-order chi connectivity index (χ0) is 14.2. The monoisotopic (exact) mass is 298 g/mol. The Morgan fingerprint density at radius 3 is 2.85 bits per heavy atom. The molecule has 0 bridgehead atoms. The molecule has 0 aromatic heterocycles. The van der Waals surface area contributed by atoms with E-state index in [1.54, 1.807) is 12.1 Å². The van der Waals surface area contributed by atoms with Crippen molar-refractivity contribution >= 4 is 10.0 Å². The fourth-order valence-corrected chi connectivity index (χ4v) is 4.42. The van der Waals surface area contributed by atoms with Gasteiger partial charge in [-0.2, -0.15) is 4.31 Å². The highest BCUT2D eigenvalue weighted by Gasteiger charge is 2.33. The lowest BCUT2D eigenvalue weighted by Crippen LogP contribution is -2.47. The molecule has 0 aliphatic carbocycles. The van der Waals surface area contributed by atoms with Crippen LogP contribution in [0.4, 0.5) is 0 Å². The second kappa shape index (κ2) is 5.23. The molecule has 2 aliphatic heterocycles. The molecular formula is C13H18N2O4S. The number of rotatable bonds is 3. The molecule has 2 aliphatic rings. The smallest absolute Gasteiger partial charge is 0.243 e. The molecule has 1 aromatic rings. The van der Waals surface area contributed by atoms with Crippen LogP contribution < -0.4 is 15.2 Å². The standard InChI is InChI=1S/C13H18N2O4S/c14-8-10-3-1-2-6-15(10)20(16,17)11-4-5-12-13(7-11)19-9-18-12/h4-5,7,10H,1-3,6,8-9,14H2. The molecule has 1 atom stereocenters. The minimum atomic E-state index is -3.53. The summed E-state index contributed by atoms with van der Waals surface area (Å²) in [5.41, 5.74) is 5.71. The van der Waals surface area contributed by atoms with E-state index in [2.05, 4.69) is 0 Å². The predicted molar refractivity (Wildman–Crippen MR) is 73.2 cm³/mol. The van der Waals surface area contributed by atoms with Gasteiger partial charge in [-0.1, -0.05) is 6.42 Å². The van der Waals surface area contributed by atoms with Crippen molar-refractivity contribution in [2.75, 3.05) is 19.9 Å². The highest BCUT2D eigenvalue weighted by atomic mass is 32.2. The second-order valence-corrected chi connectivity index (χ2v) is 6.91. The van der Waals surface area contributed by atoms with Gasteiger partial charge in [0.1, 0.15) is 0 Å². The average Bonchev–Trinajstić information content (AvgIpc) is 2.94. The number of hydrogen-bond donors (Lipinski definition) is 1. The summed E-state index contributed by atoms with van der Waals surface area (Å²) in [4.78, 5) is 0.238. The number of sulfonamides is 1. The average molecular weight is 298 g/mol. The van der Waals surface area contributed by atoms with E-state index in [0.717, 1.165) is 19.3 Å². The zero-order valence-electron chi connectivity index (χ0n) is 11.1. The first-order valence-electron chi connectivity index (χ1n) is 6.74. The Hall–Kier alpha value is -1.31. The summed E-state index contributed by atoms with van der Waals surface area (Å²) in [5, 5.41) is 0. The molecule has 1 fully saturated rings. The van der Waals surface area contributed by atoms with Gasteiger partial charge in [-0.3, -0.25) is 0 Å². The highest BCUT2D eigenvalue weighted by Crippen LogP contribution is 2.35. The van der Waals surface area contributed by atoms with Gasteiger partial charge < -0.3 is 15.2 Å². The Morgan fingerprint density at radius 2 is 2.05 bits per heavy atom. The van der Waals surface area contributed by atoms with Crippen molar-refractivity contribution in [3.8, 4) is 11.5 Å². The molecule has 1 saturated heterocycles. The summed E-state index contributed by atoms with van der Waals surface area (Å²) < 4.78 is 37.4. The lowest BCUT2D eigenvalue weighted by Gasteiger charge is -2.33. The quantitative estimate of drug-likeness (QED) is 0.897. The van der Waals surface area contributed by atoms with Gasteiger partial charge in [0.15, 0.2) is 11.5 Å². The third-order valence-electron chi connectivity index (χ3n) is 3.80. The highest BCUT2D eigenvalue weighted by molar-refractivity contribution is 7.89. The SMILES string of the molecule is NCC1CCCCN1S(=O)(=O)c1ccc2c(c1)OCO2. The molecule has 0 amide bonds. The second-order valence-electron chi connectivity index (χ2n) is 5.02. The maximum absolute atomic E-state index is 12.7. The molecule has 3 rings (SSSR count). The zero-order valence-corrected chi connectivity index (χ0v) is 11.9. The summed E-state index contributed by atoms with van der Waals surface area (Å²) in [6, 6.07) is 4.61. The fraction of sp³-hybridized carbons (Fsp3) is 0.538. The van der Waals surface area contributed by atoms with Crippen LogP contribution in [-0.4, -0.2) is 38.6 Å². The van der Waals surface area contributed by atoms with Gasteiger partial charge in [-0.05, 0) is 25.0 Å². The van der Waals surface area contributed by atoms with Gasteiger partial charge in [-0.15, -0.1) is 0 Å². The Bertz CT molecular complexity index is 602. The lowest BCUT2D eigenvalue weighted by molar-refractivity contribution is 0.174. The number of nitrogens with two attached hydrogens (primary N) is 1. The van der Waals surface area contributed by atoms with Crippen molar-refractivity contribution in [2.45, 2.75) is 30.2 Å². The number of benzene rings is 1. The topological polar surface area (TPSA) is 81.9 Å². The van der Waals surface area contributed by atoms with Crippen molar-refractivity contribution < 1.29 is 17.9 Å². The third kappa shape index (κ3) is 2.25. The van der Waals surface area contributed by atoms with Gasteiger partial charge in [0.05, 0.1) is 4.90 Å². The van der Waals surface area contributed by atoms with Crippen LogP contribution in [0.2, 0.25) is 0 Å². The molecule has 0 spiro atoms. The van der Waals surface area contributed by atoms with Crippen molar-refractivity contribution in [1.29, 1.82) is 0 Å². The van der Waals surface area contributed by atoms with Crippen molar-refractivity contribution in [1.82, 2.24) is 4.31 Å². The number of hydrogen-bond acceptors (Lipinski definition) is 5. The van der Waals surface area contributed by atoms with E-state index < -0.39 is 10.0 Å². The Kier molecular flexibility index (Phi) is 3.57. The van der Waals surface area contributed by atoms with Crippen LogP contribution in [0.1, 0.15) is 19.3 Å². The summed E-state index contributed by atoms with van der Waals surface area (Å²) in [7, 11) is -3.53. The summed E-state index contributed by atoms with van der Waals surface area (Å²) in [6.45, 7) is 1.01. The van der Waals surface area contributed by atoms with E-state index in [4.69, 9.17) is 15.2 Å². The van der Waals surface area contributed by atoms with E-state index in [1.165, 1.54) is 10.4 Å². The molecule has 20 heavy (non-hydrogen) atoms. The van der Waals surface area contributed by atoms with Crippen molar-refractivity contribution in [3.63, 3.8) is 0 Å². The number of nitrogens with zero attached hydrogens (tertiary/aromatic N) is 1. The summed E-state index contributed by atoms with van der Waals surface area (Å²) in [5.74, 6) is 1.06. The minimum absolute atomic E-state index is 0.112. The van der Waals surface area contributed by atoms with Gasteiger partial charge in [0.2, 0.25) is 16.8 Å². The molecular weight excluding hydrogens is 280 g/mol. The van der Waals surface area contributed by atoms with E-state index in [0.29, 0.717) is 24.6 Å². The van der Waals surface area contributed by atoms with Crippen LogP contribution in [0.5, 0.6) is 11.5 Å². The van der Waals surface area contributed by atoms with Crippen molar-refractivity contribution in [3.05, 3.63) is 18.2 Å². The van der Waals surface area contributed by atoms with Gasteiger partial charge in [0, 0.05) is 25.2 Å². The van der Waals surface area contributed by atoms with Gasteiger partial charge in [-0.25, -0.2) is 8.42 Å².